The van der Waals surface area contributed by atoms with Crippen molar-refractivity contribution in [1.82, 2.24) is 9.88 Å². The van der Waals surface area contributed by atoms with E-state index in [0.29, 0.717) is 31.1 Å². The molecule has 0 bridgehead atoms. The number of fused-ring (bicyclic) bond motifs is 1. The number of aromatic nitrogens is 1. The zero-order valence-corrected chi connectivity index (χ0v) is 21.3. The molecule has 0 saturated carbocycles. The van der Waals surface area contributed by atoms with E-state index in [-0.39, 0.29) is 6.04 Å². The Labute approximate surface area is 218 Å². The molecule has 3 heterocycles. The second-order valence-corrected chi connectivity index (χ2v) is 10.2. The molecule has 5 rings (SSSR count). The number of likely N-dealkylation sites (tertiary alicyclic amines) is 1. The quantitative estimate of drug-likeness (QED) is 0.349. The van der Waals surface area contributed by atoms with E-state index in [1.807, 2.05) is 72.6 Å². The smallest absolute Gasteiger partial charge is 0.407 e. The number of para-hydroxylation sites is 1. The van der Waals surface area contributed by atoms with Crippen LogP contribution < -0.4 is 15.4 Å². The number of hydrogen-bond donors (Lipinski definition) is 2. The summed E-state index contributed by atoms with van der Waals surface area (Å²) in [6.45, 7) is 1.37. The normalized spacial score (nSPS) is 15.5. The van der Waals surface area contributed by atoms with Crippen molar-refractivity contribution in [3.63, 3.8) is 0 Å². The van der Waals surface area contributed by atoms with Gasteiger partial charge in [-0.25, -0.2) is 9.78 Å². The van der Waals surface area contributed by atoms with Gasteiger partial charge in [0, 0.05) is 48.2 Å². The summed E-state index contributed by atoms with van der Waals surface area (Å²) in [7, 11) is 1.93. The first-order chi connectivity index (χ1) is 17.9. The highest BCUT2D eigenvalue weighted by Gasteiger charge is 2.28. The molecule has 2 aromatic carbocycles. The molecule has 1 aliphatic rings. The van der Waals surface area contributed by atoms with Gasteiger partial charge in [-0.15, -0.1) is 11.3 Å². The Morgan fingerprint density at radius 1 is 1.19 bits per heavy atom. The minimum absolute atomic E-state index is 0.0233. The number of carboxylic acid groups (broad SMARTS) is 1. The SMILES string of the molecule is CN(c1ncc(C(N)=O)c2sc(-c3ccccc3OCc3ccccc3)cc12)[C@H]1CCCN(C(=O)O)C1. The van der Waals surface area contributed by atoms with E-state index in [9.17, 15) is 14.7 Å². The summed E-state index contributed by atoms with van der Waals surface area (Å²) in [6.07, 6.45) is 2.25. The van der Waals surface area contributed by atoms with Gasteiger partial charge in [-0.3, -0.25) is 4.79 Å². The van der Waals surface area contributed by atoms with Crippen molar-refractivity contribution < 1.29 is 19.4 Å². The number of ether oxygens (including phenoxy) is 1. The molecule has 4 aromatic rings. The molecule has 0 unspecified atom stereocenters. The first kappa shape index (κ1) is 24.6. The summed E-state index contributed by atoms with van der Waals surface area (Å²) in [5, 5.41) is 10.3. The number of pyridine rings is 1. The van der Waals surface area contributed by atoms with E-state index in [4.69, 9.17) is 10.5 Å². The average Bonchev–Trinajstić information content (AvgIpc) is 3.37. The van der Waals surface area contributed by atoms with Crippen molar-refractivity contribution in [1.29, 1.82) is 0 Å². The highest BCUT2D eigenvalue weighted by Crippen LogP contribution is 2.42. The maximum Gasteiger partial charge on any atom is 0.407 e. The molecule has 0 spiro atoms. The van der Waals surface area contributed by atoms with Crippen molar-refractivity contribution >= 4 is 39.2 Å². The molecule has 37 heavy (non-hydrogen) atoms. The molecule has 190 valence electrons. The Kier molecular flexibility index (Phi) is 6.96. The number of amides is 2. The van der Waals surface area contributed by atoms with Gasteiger partial charge < -0.3 is 25.4 Å². The van der Waals surface area contributed by atoms with E-state index in [0.717, 1.165) is 44.7 Å². The zero-order valence-electron chi connectivity index (χ0n) is 20.5. The lowest BCUT2D eigenvalue weighted by atomic mass is 10.0. The predicted octanol–water partition coefficient (Wildman–Crippen LogP) is 5.22. The van der Waals surface area contributed by atoms with Crippen LogP contribution in [0.4, 0.5) is 10.6 Å². The van der Waals surface area contributed by atoms with Gasteiger partial charge in [0.25, 0.3) is 5.91 Å². The van der Waals surface area contributed by atoms with Gasteiger partial charge >= 0.3 is 6.09 Å². The second-order valence-electron chi connectivity index (χ2n) is 9.12. The summed E-state index contributed by atoms with van der Waals surface area (Å²) in [5.41, 5.74) is 8.06. The monoisotopic (exact) mass is 516 g/mol. The van der Waals surface area contributed by atoms with Gasteiger partial charge in [0.1, 0.15) is 18.2 Å². The molecule has 8 nitrogen and oxygen atoms in total. The van der Waals surface area contributed by atoms with Crippen LogP contribution in [0.15, 0.2) is 66.9 Å². The second kappa shape index (κ2) is 10.5. The van der Waals surface area contributed by atoms with E-state index < -0.39 is 12.0 Å². The Balaban J connectivity index is 1.53. The third-order valence-electron chi connectivity index (χ3n) is 6.74. The lowest BCUT2D eigenvalue weighted by molar-refractivity contribution is 0.100. The van der Waals surface area contributed by atoms with Crippen LogP contribution in [0.2, 0.25) is 0 Å². The van der Waals surface area contributed by atoms with Crippen LogP contribution in [0.1, 0.15) is 28.8 Å². The molecule has 2 amide bonds. The molecule has 9 heteroatoms. The topological polar surface area (TPSA) is 109 Å². The van der Waals surface area contributed by atoms with Crippen molar-refractivity contribution in [2.45, 2.75) is 25.5 Å². The number of likely N-dealkylation sites (N-methyl/N-ethyl adjacent to an activating group) is 1. The molecule has 0 radical (unpaired) electrons. The van der Waals surface area contributed by atoms with Gasteiger partial charge in [0.2, 0.25) is 0 Å². The van der Waals surface area contributed by atoms with Crippen LogP contribution in [-0.2, 0) is 6.61 Å². The van der Waals surface area contributed by atoms with Crippen LogP contribution in [0, 0.1) is 0 Å². The fourth-order valence-electron chi connectivity index (χ4n) is 4.75. The summed E-state index contributed by atoms with van der Waals surface area (Å²) in [5.74, 6) is 0.900. The standard InChI is InChI=1S/C28H28N4O4S/c1-31(19-10-7-13-32(16-19)28(34)35)27-21-14-24(37-25(21)22(15-30-27)26(29)33)20-11-5-6-12-23(20)36-17-18-8-3-2-4-9-18/h2-6,8-9,11-12,14-15,19H,7,10,13,16-17H2,1H3,(H2,29,33)(H,34,35)/t19-/m0/s1. The molecular weight excluding hydrogens is 488 g/mol. The largest absolute Gasteiger partial charge is 0.488 e. The van der Waals surface area contributed by atoms with Gasteiger partial charge in [-0.2, -0.15) is 0 Å². The third-order valence-corrected chi connectivity index (χ3v) is 7.94. The maximum atomic E-state index is 12.3. The number of benzene rings is 2. The van der Waals surface area contributed by atoms with Gasteiger partial charge in [-0.1, -0.05) is 42.5 Å². The predicted molar refractivity (Wildman–Crippen MR) is 145 cm³/mol. The highest BCUT2D eigenvalue weighted by atomic mass is 32.1. The van der Waals surface area contributed by atoms with E-state index in [1.165, 1.54) is 22.4 Å². The first-order valence-corrected chi connectivity index (χ1v) is 12.9. The number of nitrogens with two attached hydrogens (primary N) is 1. The zero-order chi connectivity index (χ0) is 25.9. The maximum absolute atomic E-state index is 12.3. The minimum Gasteiger partial charge on any atom is -0.488 e. The number of carbonyl (C=O) groups excluding carboxylic acids is 1. The Hall–Kier alpha value is -4.11. The summed E-state index contributed by atoms with van der Waals surface area (Å²) in [4.78, 5) is 32.8. The Bertz CT molecular complexity index is 1440. The molecule has 1 fully saturated rings. The van der Waals surface area contributed by atoms with E-state index in [2.05, 4.69) is 4.98 Å². The van der Waals surface area contributed by atoms with E-state index in [1.54, 1.807) is 0 Å². The van der Waals surface area contributed by atoms with Crippen molar-refractivity contribution in [2.75, 3.05) is 25.0 Å². The first-order valence-electron chi connectivity index (χ1n) is 12.1. The molecule has 1 atom stereocenters. The van der Waals surface area contributed by atoms with Crippen molar-refractivity contribution in [3.05, 3.63) is 78.0 Å². The molecule has 3 N–H and O–H groups in total. The summed E-state index contributed by atoms with van der Waals surface area (Å²) >= 11 is 1.47. The molecule has 0 aliphatic carbocycles. The van der Waals surface area contributed by atoms with Crippen LogP contribution >= 0.6 is 11.3 Å². The van der Waals surface area contributed by atoms with E-state index >= 15 is 0 Å². The average molecular weight is 517 g/mol. The number of carbonyl (C=O) groups is 2. The van der Waals surface area contributed by atoms with Crippen LogP contribution in [-0.4, -0.2) is 53.2 Å². The van der Waals surface area contributed by atoms with Gasteiger partial charge in [0.15, 0.2) is 0 Å². The minimum atomic E-state index is -0.912. The van der Waals surface area contributed by atoms with Crippen LogP contribution in [0.3, 0.4) is 0 Å². The number of thiophene rings is 1. The summed E-state index contributed by atoms with van der Waals surface area (Å²) < 4.78 is 6.94. The third kappa shape index (κ3) is 5.08. The summed E-state index contributed by atoms with van der Waals surface area (Å²) in [6, 6.07) is 19.8. The Morgan fingerprint density at radius 2 is 1.95 bits per heavy atom. The number of primary amides is 1. The van der Waals surface area contributed by atoms with Crippen molar-refractivity contribution in [2.24, 2.45) is 5.73 Å². The molecule has 1 saturated heterocycles. The van der Waals surface area contributed by atoms with Gasteiger partial charge in [0.05, 0.1) is 10.3 Å². The lowest BCUT2D eigenvalue weighted by Gasteiger charge is -2.37. The van der Waals surface area contributed by atoms with Gasteiger partial charge in [-0.05, 0) is 36.6 Å². The fourth-order valence-corrected chi connectivity index (χ4v) is 5.95. The number of nitrogens with zero attached hydrogens (tertiary/aromatic N) is 3. The lowest BCUT2D eigenvalue weighted by Crippen LogP contribution is -2.48. The molecule has 2 aromatic heterocycles. The number of hydrogen-bond acceptors (Lipinski definition) is 6. The number of rotatable bonds is 7. The number of anilines is 1. The van der Waals surface area contributed by atoms with Crippen molar-refractivity contribution in [3.8, 4) is 16.2 Å². The fraction of sp³-hybridized carbons (Fsp3) is 0.250. The Morgan fingerprint density at radius 3 is 2.70 bits per heavy atom. The van der Waals surface area contributed by atoms with Crippen LogP contribution in [0.25, 0.3) is 20.5 Å². The highest BCUT2D eigenvalue weighted by molar-refractivity contribution is 7.22. The van der Waals surface area contributed by atoms with Crippen LogP contribution in [0.5, 0.6) is 5.75 Å². The molecule has 1 aliphatic heterocycles. The molecular formula is C28H28N4O4S. The number of piperidine rings is 1.